The monoisotopic (exact) mass is 132 g/mol. The minimum atomic E-state index is -0.185. The fourth-order valence-electron chi connectivity index (χ4n) is 0.547. The summed E-state index contributed by atoms with van der Waals surface area (Å²) in [6.07, 6.45) is 0. The Balaban J connectivity index is 3.58. The molecule has 0 saturated carbocycles. The maximum absolute atomic E-state index is 5.54. The summed E-state index contributed by atoms with van der Waals surface area (Å²) in [7, 11) is 0. The normalized spacial score (nSPS) is 21.0. The van der Waals surface area contributed by atoms with Crippen LogP contribution in [-0.2, 0) is 0 Å². The van der Waals surface area contributed by atoms with Crippen LogP contribution in [0.4, 0.5) is 0 Å². The Bertz CT molecular complexity index is 73.4. The van der Waals surface area contributed by atoms with Gasteiger partial charge < -0.3 is 22.9 Å². The molecule has 0 rings (SSSR count). The molecule has 4 nitrogen and oxygen atoms in total. The Morgan fingerprint density at radius 2 is 1.67 bits per heavy atom. The van der Waals surface area contributed by atoms with Crippen molar-refractivity contribution in [1.82, 2.24) is 0 Å². The van der Waals surface area contributed by atoms with E-state index in [1.807, 2.05) is 6.92 Å². The van der Waals surface area contributed by atoms with Crippen molar-refractivity contribution in [1.29, 1.82) is 0 Å². The van der Waals surface area contributed by atoms with E-state index >= 15 is 0 Å². The highest BCUT2D eigenvalue weighted by Crippen LogP contribution is 1.88. The highest BCUT2D eigenvalue weighted by molar-refractivity contribution is 4.82. The highest BCUT2D eigenvalue weighted by Gasteiger charge is 2.14. The van der Waals surface area contributed by atoms with Crippen LogP contribution in [0.15, 0.2) is 0 Å². The molecule has 0 aromatic heterocycles. The summed E-state index contributed by atoms with van der Waals surface area (Å²) in [6.45, 7) is 2.21. The Labute approximate surface area is 55.6 Å². The van der Waals surface area contributed by atoms with Gasteiger partial charge in [0.15, 0.2) is 0 Å². The molecular weight excluding hydrogens is 116 g/mol. The first-order valence-corrected chi connectivity index (χ1v) is 3.06. The molecule has 3 atom stereocenters. The molecule has 4 heteroatoms. The lowest BCUT2D eigenvalue weighted by Crippen LogP contribution is -2.54. The maximum Gasteiger partial charge on any atom is 0.0356 e. The predicted molar refractivity (Wildman–Crippen MR) is 38.7 cm³/mol. The third kappa shape index (κ3) is 2.76. The Hall–Kier alpha value is -0.160. The van der Waals surface area contributed by atoms with E-state index in [-0.39, 0.29) is 18.1 Å². The molecule has 0 aliphatic heterocycles. The van der Waals surface area contributed by atoms with Crippen molar-refractivity contribution in [3.63, 3.8) is 0 Å². The summed E-state index contributed by atoms with van der Waals surface area (Å²) in [6, 6.07) is -0.441. The molecule has 0 fully saturated rings. The summed E-state index contributed by atoms with van der Waals surface area (Å²) in [5.41, 5.74) is 21.7. The maximum atomic E-state index is 5.54. The number of nitrogens with two attached hydrogens (primary N) is 4. The van der Waals surface area contributed by atoms with Gasteiger partial charge in [0, 0.05) is 24.7 Å². The van der Waals surface area contributed by atoms with E-state index in [1.165, 1.54) is 0 Å². The highest BCUT2D eigenvalue weighted by atomic mass is 14.9. The molecule has 0 aromatic carbocycles. The molecule has 0 aliphatic carbocycles. The van der Waals surface area contributed by atoms with Gasteiger partial charge in [-0.15, -0.1) is 0 Å². The summed E-state index contributed by atoms with van der Waals surface area (Å²) in [5.74, 6) is 0. The van der Waals surface area contributed by atoms with Crippen LogP contribution in [0.25, 0.3) is 0 Å². The van der Waals surface area contributed by atoms with E-state index in [4.69, 9.17) is 22.9 Å². The van der Waals surface area contributed by atoms with Crippen molar-refractivity contribution in [3.05, 3.63) is 0 Å². The summed E-state index contributed by atoms with van der Waals surface area (Å²) >= 11 is 0. The molecule has 0 heterocycles. The van der Waals surface area contributed by atoms with Gasteiger partial charge in [-0.05, 0) is 6.92 Å². The summed E-state index contributed by atoms with van der Waals surface area (Å²) in [5, 5.41) is 0. The van der Waals surface area contributed by atoms with E-state index in [1.54, 1.807) is 0 Å². The van der Waals surface area contributed by atoms with Crippen LogP contribution in [0.2, 0.25) is 0 Å². The third-order valence-electron chi connectivity index (χ3n) is 1.37. The topological polar surface area (TPSA) is 104 Å². The van der Waals surface area contributed by atoms with E-state index < -0.39 is 0 Å². The molecular formula is C5H16N4. The quantitative estimate of drug-likeness (QED) is 0.354. The van der Waals surface area contributed by atoms with Gasteiger partial charge in [-0.25, -0.2) is 0 Å². The van der Waals surface area contributed by atoms with Gasteiger partial charge in [0.25, 0.3) is 0 Å². The largest absolute Gasteiger partial charge is 0.329 e. The third-order valence-corrected chi connectivity index (χ3v) is 1.37. The molecule has 0 radical (unpaired) electrons. The predicted octanol–water partition coefficient (Wildman–Crippen LogP) is -2.05. The fourth-order valence-corrected chi connectivity index (χ4v) is 0.547. The zero-order chi connectivity index (χ0) is 7.44. The minimum Gasteiger partial charge on any atom is -0.329 e. The average molecular weight is 132 g/mol. The van der Waals surface area contributed by atoms with Gasteiger partial charge in [-0.3, -0.25) is 0 Å². The van der Waals surface area contributed by atoms with Gasteiger partial charge in [0.05, 0.1) is 0 Å². The van der Waals surface area contributed by atoms with Crippen LogP contribution in [0, 0.1) is 0 Å². The van der Waals surface area contributed by atoms with Gasteiger partial charge >= 0.3 is 0 Å². The second-order valence-electron chi connectivity index (χ2n) is 2.34. The zero-order valence-electron chi connectivity index (χ0n) is 5.75. The average Bonchev–Trinajstić information content (AvgIpc) is 1.84. The number of hydrogen-bond acceptors (Lipinski definition) is 4. The number of rotatable bonds is 3. The van der Waals surface area contributed by atoms with Crippen molar-refractivity contribution in [2.24, 2.45) is 22.9 Å². The van der Waals surface area contributed by atoms with Gasteiger partial charge in [-0.1, -0.05) is 0 Å². The molecule has 0 spiro atoms. The second kappa shape index (κ2) is 3.79. The van der Waals surface area contributed by atoms with Crippen molar-refractivity contribution in [3.8, 4) is 0 Å². The molecule has 3 unspecified atom stereocenters. The van der Waals surface area contributed by atoms with Gasteiger partial charge in [0.1, 0.15) is 0 Å². The lowest BCUT2D eigenvalue weighted by molar-refractivity contribution is 0.468. The summed E-state index contributed by atoms with van der Waals surface area (Å²) in [4.78, 5) is 0. The van der Waals surface area contributed by atoms with Gasteiger partial charge in [0.2, 0.25) is 0 Å². The van der Waals surface area contributed by atoms with Crippen molar-refractivity contribution in [2.45, 2.75) is 25.0 Å². The van der Waals surface area contributed by atoms with Crippen LogP contribution in [0.3, 0.4) is 0 Å². The molecule has 9 heavy (non-hydrogen) atoms. The van der Waals surface area contributed by atoms with Crippen LogP contribution < -0.4 is 22.9 Å². The van der Waals surface area contributed by atoms with E-state index in [2.05, 4.69) is 0 Å². The van der Waals surface area contributed by atoms with E-state index in [9.17, 15) is 0 Å². The van der Waals surface area contributed by atoms with Crippen molar-refractivity contribution in [2.75, 3.05) is 6.54 Å². The fraction of sp³-hybridized carbons (Fsp3) is 1.00. The van der Waals surface area contributed by atoms with Gasteiger partial charge in [-0.2, -0.15) is 0 Å². The molecule has 0 aliphatic rings. The molecule has 0 amide bonds. The lowest BCUT2D eigenvalue weighted by Gasteiger charge is -2.21. The van der Waals surface area contributed by atoms with Crippen LogP contribution in [0.5, 0.6) is 0 Å². The van der Waals surface area contributed by atoms with Crippen LogP contribution in [0.1, 0.15) is 6.92 Å². The summed E-state index contributed by atoms with van der Waals surface area (Å²) < 4.78 is 0. The molecule has 56 valence electrons. The Morgan fingerprint density at radius 3 is 1.78 bits per heavy atom. The standard InChI is InChI=1S/C5H16N4/c1-3(7)5(9)4(8)2-6/h3-5H,2,6-9H2,1H3. The first-order chi connectivity index (χ1) is 4.09. The SMILES string of the molecule is CC(N)C(N)C(N)CN. The van der Waals surface area contributed by atoms with Crippen LogP contribution >= 0.6 is 0 Å². The Kier molecular flexibility index (Phi) is 3.72. The first kappa shape index (κ1) is 8.84. The zero-order valence-corrected chi connectivity index (χ0v) is 5.75. The number of hydrogen-bond donors (Lipinski definition) is 4. The molecule has 8 N–H and O–H groups in total. The molecule has 0 saturated heterocycles. The first-order valence-electron chi connectivity index (χ1n) is 3.06. The minimum absolute atomic E-state index is 0.0800. The van der Waals surface area contributed by atoms with E-state index in [0.29, 0.717) is 6.54 Å². The second-order valence-corrected chi connectivity index (χ2v) is 2.34. The van der Waals surface area contributed by atoms with Crippen molar-refractivity contribution < 1.29 is 0 Å². The Morgan fingerprint density at radius 1 is 1.22 bits per heavy atom. The molecule has 0 aromatic rings. The van der Waals surface area contributed by atoms with Crippen molar-refractivity contribution >= 4 is 0 Å². The lowest BCUT2D eigenvalue weighted by atomic mass is 10.0. The molecule has 0 bridgehead atoms. The smallest absolute Gasteiger partial charge is 0.0356 e. The van der Waals surface area contributed by atoms with Crippen LogP contribution in [-0.4, -0.2) is 24.7 Å². The van der Waals surface area contributed by atoms with E-state index in [0.717, 1.165) is 0 Å².